The van der Waals surface area contributed by atoms with Gasteiger partial charge in [-0.1, -0.05) is 0 Å². The smallest absolute Gasteiger partial charge is 0.353 e. The molecule has 4 heteroatoms. The van der Waals surface area contributed by atoms with Gasteiger partial charge in [0.2, 0.25) is 0 Å². The minimum atomic E-state index is -1.03. The molecule has 0 aromatic rings. The van der Waals surface area contributed by atoms with E-state index in [1.54, 1.807) is 0 Å². The lowest BCUT2D eigenvalue weighted by Gasteiger charge is -2.02. The molecule has 0 atom stereocenters. The van der Waals surface area contributed by atoms with Crippen molar-refractivity contribution in [2.24, 2.45) is 4.99 Å². The number of carboxylic acid groups (broad SMARTS) is 1. The van der Waals surface area contributed by atoms with Crippen molar-refractivity contribution >= 4 is 11.7 Å². The highest BCUT2D eigenvalue weighted by Crippen LogP contribution is 1.92. The second-order valence-corrected chi connectivity index (χ2v) is 1.48. The summed E-state index contributed by atoms with van der Waals surface area (Å²) in [5, 5.41) is 8.29. The minimum Gasteiger partial charge on any atom is -0.493 e. The van der Waals surface area contributed by atoms with Crippen molar-refractivity contribution in [1.29, 1.82) is 0 Å². The summed E-state index contributed by atoms with van der Waals surface area (Å²) in [6.45, 7) is 0.0613. The number of carbonyl (C=O) groups is 1. The monoisotopic (exact) mass is 127 g/mol. The van der Waals surface area contributed by atoms with Gasteiger partial charge in [0.05, 0.1) is 6.20 Å². The van der Waals surface area contributed by atoms with Gasteiger partial charge in [0.25, 0.3) is 0 Å². The fourth-order valence-corrected chi connectivity index (χ4v) is 0.445. The number of aliphatic imine (C=N–C) groups is 1. The van der Waals surface area contributed by atoms with Gasteiger partial charge in [0, 0.05) is 0 Å². The van der Waals surface area contributed by atoms with Crippen molar-refractivity contribution in [1.82, 2.24) is 0 Å². The van der Waals surface area contributed by atoms with Crippen LogP contribution in [0.15, 0.2) is 17.5 Å². The molecule has 1 N–H and O–H groups in total. The van der Waals surface area contributed by atoms with Gasteiger partial charge in [-0.05, 0) is 0 Å². The molecule has 0 aliphatic carbocycles. The van der Waals surface area contributed by atoms with Crippen molar-refractivity contribution in [3.63, 3.8) is 0 Å². The number of nitrogens with zero attached hydrogens (tertiary/aromatic N) is 1. The van der Waals surface area contributed by atoms with Crippen molar-refractivity contribution in [3.8, 4) is 0 Å². The number of ether oxygens (including phenoxy) is 1. The van der Waals surface area contributed by atoms with Gasteiger partial charge in [-0.15, -0.1) is 0 Å². The zero-order valence-corrected chi connectivity index (χ0v) is 4.57. The Kier molecular flexibility index (Phi) is 1.48. The zero-order chi connectivity index (χ0) is 6.69. The number of rotatable bonds is 1. The van der Waals surface area contributed by atoms with E-state index < -0.39 is 5.97 Å². The van der Waals surface area contributed by atoms with Crippen molar-refractivity contribution in [3.05, 3.63) is 12.5 Å². The molecule has 0 bridgehead atoms. The summed E-state index contributed by atoms with van der Waals surface area (Å²) in [6.07, 6.45) is 2.67. The van der Waals surface area contributed by atoms with Crippen LogP contribution in [0.25, 0.3) is 0 Å². The predicted molar refractivity (Wildman–Crippen MR) is 30.2 cm³/mol. The summed E-state index contributed by atoms with van der Waals surface area (Å²) >= 11 is 0. The van der Waals surface area contributed by atoms with Crippen molar-refractivity contribution < 1.29 is 14.6 Å². The largest absolute Gasteiger partial charge is 0.493 e. The van der Waals surface area contributed by atoms with Gasteiger partial charge >= 0.3 is 5.97 Å². The van der Waals surface area contributed by atoms with E-state index in [1.807, 2.05) is 0 Å². The number of hydrogen-bond donors (Lipinski definition) is 1. The summed E-state index contributed by atoms with van der Waals surface area (Å²) in [4.78, 5) is 13.7. The molecule has 0 aromatic carbocycles. The van der Waals surface area contributed by atoms with Gasteiger partial charge in [0.15, 0.2) is 5.71 Å². The second kappa shape index (κ2) is 2.30. The summed E-state index contributed by atoms with van der Waals surface area (Å²) in [6, 6.07) is 0. The van der Waals surface area contributed by atoms with Crippen LogP contribution < -0.4 is 0 Å². The quantitative estimate of drug-likeness (QED) is 0.539. The SMILES string of the molecule is O=C(O)C1=NC=COC1. The lowest BCUT2D eigenvalue weighted by Crippen LogP contribution is -2.19. The summed E-state index contributed by atoms with van der Waals surface area (Å²) in [5.74, 6) is -1.03. The maximum absolute atomic E-state index is 10.1. The maximum Gasteiger partial charge on any atom is 0.353 e. The van der Waals surface area contributed by atoms with E-state index in [4.69, 9.17) is 5.11 Å². The van der Waals surface area contributed by atoms with Crippen LogP contribution in [0.2, 0.25) is 0 Å². The van der Waals surface area contributed by atoms with Crippen LogP contribution in [-0.4, -0.2) is 23.4 Å². The van der Waals surface area contributed by atoms with Crippen molar-refractivity contribution in [2.75, 3.05) is 6.61 Å². The molecule has 0 saturated heterocycles. The van der Waals surface area contributed by atoms with E-state index in [-0.39, 0.29) is 12.3 Å². The lowest BCUT2D eigenvalue weighted by molar-refractivity contribution is -0.129. The third-order valence-electron chi connectivity index (χ3n) is 0.854. The van der Waals surface area contributed by atoms with E-state index in [0.29, 0.717) is 0 Å². The molecule has 0 spiro atoms. The molecule has 0 fully saturated rings. The highest BCUT2D eigenvalue weighted by atomic mass is 16.5. The third kappa shape index (κ3) is 1.28. The Morgan fingerprint density at radius 2 is 2.67 bits per heavy atom. The molecular weight excluding hydrogens is 122 g/mol. The molecule has 1 heterocycles. The third-order valence-corrected chi connectivity index (χ3v) is 0.854. The Morgan fingerprint density at radius 1 is 1.89 bits per heavy atom. The van der Waals surface area contributed by atoms with Crippen LogP contribution in [0.5, 0.6) is 0 Å². The zero-order valence-electron chi connectivity index (χ0n) is 4.57. The molecule has 1 aliphatic heterocycles. The number of aliphatic carboxylic acids is 1. The molecule has 9 heavy (non-hydrogen) atoms. The molecule has 0 aromatic heterocycles. The molecule has 1 rings (SSSR count). The van der Waals surface area contributed by atoms with Crippen LogP contribution in [-0.2, 0) is 9.53 Å². The van der Waals surface area contributed by atoms with E-state index in [0.717, 1.165) is 0 Å². The second-order valence-electron chi connectivity index (χ2n) is 1.48. The molecule has 0 unspecified atom stereocenters. The normalized spacial score (nSPS) is 16.2. The fraction of sp³-hybridized carbons (Fsp3) is 0.200. The highest BCUT2D eigenvalue weighted by Gasteiger charge is 2.09. The molecule has 4 nitrogen and oxygen atoms in total. The Morgan fingerprint density at radius 3 is 3.00 bits per heavy atom. The first-order valence-corrected chi connectivity index (χ1v) is 2.37. The van der Waals surface area contributed by atoms with Crippen LogP contribution >= 0.6 is 0 Å². The molecule has 1 aliphatic rings. The average Bonchev–Trinajstić information content (AvgIpc) is 1.90. The van der Waals surface area contributed by atoms with Crippen LogP contribution in [0.3, 0.4) is 0 Å². The Balaban J connectivity index is 2.68. The first kappa shape index (κ1) is 5.81. The summed E-state index contributed by atoms with van der Waals surface area (Å²) in [5.41, 5.74) is 0.0394. The standard InChI is InChI=1S/C5H5NO3/c7-5(8)4-3-9-2-1-6-4/h1-2H,3H2,(H,7,8). The minimum absolute atomic E-state index is 0.0394. The van der Waals surface area contributed by atoms with Crippen LogP contribution in [0.4, 0.5) is 0 Å². The summed E-state index contributed by atoms with van der Waals surface area (Å²) < 4.78 is 4.65. The Bertz CT molecular complexity index is 183. The first-order valence-electron chi connectivity index (χ1n) is 2.37. The van der Waals surface area contributed by atoms with E-state index in [2.05, 4.69) is 9.73 Å². The predicted octanol–water partition coefficient (Wildman–Crippen LogP) is 0.0134. The highest BCUT2D eigenvalue weighted by molar-refractivity contribution is 6.36. The van der Waals surface area contributed by atoms with Crippen LogP contribution in [0, 0.1) is 0 Å². The number of hydrogen-bond acceptors (Lipinski definition) is 3. The van der Waals surface area contributed by atoms with E-state index in [9.17, 15) is 4.79 Å². The molecule has 0 amide bonds. The van der Waals surface area contributed by atoms with Gasteiger partial charge in [0.1, 0.15) is 12.9 Å². The van der Waals surface area contributed by atoms with Crippen LogP contribution in [0.1, 0.15) is 0 Å². The fourth-order valence-electron chi connectivity index (χ4n) is 0.445. The van der Waals surface area contributed by atoms with Gasteiger partial charge < -0.3 is 9.84 Å². The van der Waals surface area contributed by atoms with Gasteiger partial charge in [-0.2, -0.15) is 0 Å². The molecule has 0 saturated carbocycles. The van der Waals surface area contributed by atoms with Gasteiger partial charge in [-0.25, -0.2) is 9.79 Å². The molecule has 48 valence electrons. The number of carboxylic acids is 1. The molecule has 0 radical (unpaired) electrons. The summed E-state index contributed by atoms with van der Waals surface area (Å²) in [7, 11) is 0. The van der Waals surface area contributed by atoms with E-state index in [1.165, 1.54) is 12.5 Å². The Hall–Kier alpha value is -1.32. The van der Waals surface area contributed by atoms with Gasteiger partial charge in [-0.3, -0.25) is 0 Å². The average molecular weight is 127 g/mol. The van der Waals surface area contributed by atoms with E-state index >= 15 is 0 Å². The maximum atomic E-state index is 10.1. The van der Waals surface area contributed by atoms with Crippen molar-refractivity contribution in [2.45, 2.75) is 0 Å². The topological polar surface area (TPSA) is 58.9 Å². The molecular formula is C5H5NO3. The first-order chi connectivity index (χ1) is 4.30. The lowest BCUT2D eigenvalue weighted by atomic mass is 10.4. The Labute approximate surface area is 51.5 Å².